The zero-order valence-corrected chi connectivity index (χ0v) is 24.1. The molecule has 0 spiro atoms. The van der Waals surface area contributed by atoms with Crippen LogP contribution in [0.3, 0.4) is 0 Å². The van der Waals surface area contributed by atoms with Gasteiger partial charge in [-0.25, -0.2) is 19.2 Å². The molecular weight excluding hydrogens is 595 g/mol. The minimum atomic E-state index is -0.589. The van der Waals surface area contributed by atoms with Gasteiger partial charge < -0.3 is 29.6 Å². The van der Waals surface area contributed by atoms with Gasteiger partial charge in [0.2, 0.25) is 5.43 Å². The van der Waals surface area contributed by atoms with E-state index >= 15 is 4.39 Å². The predicted molar refractivity (Wildman–Crippen MR) is 159 cm³/mol. The zero-order chi connectivity index (χ0) is 30.1. The van der Waals surface area contributed by atoms with E-state index in [2.05, 4.69) is 25.0 Å². The summed E-state index contributed by atoms with van der Waals surface area (Å²) in [5.41, 5.74) is -0.539. The SMILES string of the molecule is O=C1COc2ccc(N3C[C@H](CNC4CCN(c5nc6c(cc5F)c(=O)c5c(=O)[nH]sc5n6C5CC5)CC4)OC3=O)nc2N1. The van der Waals surface area contributed by atoms with Crippen molar-refractivity contribution < 1.29 is 23.5 Å². The highest BCUT2D eigenvalue weighted by Crippen LogP contribution is 2.40. The molecule has 3 aliphatic heterocycles. The fraction of sp³-hybridized carbons (Fsp3) is 0.429. The molecular formula is C28H27FN8O6S. The summed E-state index contributed by atoms with van der Waals surface area (Å²) in [6, 6.07) is 4.78. The Morgan fingerprint density at radius 2 is 1.91 bits per heavy atom. The third-order valence-corrected chi connectivity index (χ3v) is 9.37. The molecule has 8 rings (SSSR count). The van der Waals surface area contributed by atoms with Crippen molar-refractivity contribution in [1.29, 1.82) is 0 Å². The maximum atomic E-state index is 15.4. The molecule has 44 heavy (non-hydrogen) atoms. The van der Waals surface area contributed by atoms with Crippen molar-refractivity contribution in [1.82, 2.24) is 24.2 Å². The Labute approximate surface area is 251 Å². The van der Waals surface area contributed by atoms with Crippen LogP contribution >= 0.6 is 11.5 Å². The lowest BCUT2D eigenvalue weighted by Gasteiger charge is -2.34. The first-order valence-electron chi connectivity index (χ1n) is 14.5. The number of cyclic esters (lactones) is 1. The van der Waals surface area contributed by atoms with Gasteiger partial charge in [-0.05, 0) is 55.4 Å². The van der Waals surface area contributed by atoms with Crippen molar-refractivity contribution in [3.8, 4) is 5.75 Å². The van der Waals surface area contributed by atoms with Crippen molar-refractivity contribution >= 4 is 62.2 Å². The molecule has 1 atom stereocenters. The number of aromatic amines is 1. The monoisotopic (exact) mass is 622 g/mol. The summed E-state index contributed by atoms with van der Waals surface area (Å²) in [6.45, 7) is 1.74. The fourth-order valence-corrected chi connectivity index (χ4v) is 7.03. The van der Waals surface area contributed by atoms with E-state index in [0.29, 0.717) is 61.1 Å². The normalized spacial score (nSPS) is 20.6. The molecule has 0 aromatic carbocycles. The number of piperidine rings is 1. The van der Waals surface area contributed by atoms with Gasteiger partial charge in [0.25, 0.3) is 11.5 Å². The van der Waals surface area contributed by atoms with Gasteiger partial charge in [-0.15, -0.1) is 0 Å². The average molecular weight is 623 g/mol. The van der Waals surface area contributed by atoms with Crippen molar-refractivity contribution in [2.75, 3.05) is 47.9 Å². The van der Waals surface area contributed by atoms with Gasteiger partial charge in [0.05, 0.1) is 11.9 Å². The molecule has 1 aliphatic carbocycles. The number of carbonyl (C=O) groups excluding carboxylic acids is 2. The van der Waals surface area contributed by atoms with Gasteiger partial charge >= 0.3 is 6.09 Å². The smallest absolute Gasteiger partial charge is 0.416 e. The number of carbonyl (C=O) groups is 2. The second-order valence-corrected chi connectivity index (χ2v) is 12.2. The number of hydrogen-bond donors (Lipinski definition) is 3. The topological polar surface area (TPSA) is 164 Å². The fourth-order valence-electron chi connectivity index (χ4n) is 6.12. The van der Waals surface area contributed by atoms with Gasteiger partial charge in [-0.1, -0.05) is 0 Å². The van der Waals surface area contributed by atoms with Crippen LogP contribution in [0.15, 0.2) is 27.8 Å². The van der Waals surface area contributed by atoms with Crippen molar-refractivity contribution in [3.05, 3.63) is 44.6 Å². The second-order valence-electron chi connectivity index (χ2n) is 11.4. The van der Waals surface area contributed by atoms with Crippen LogP contribution in [0, 0.1) is 5.82 Å². The lowest BCUT2D eigenvalue weighted by atomic mass is 10.0. The van der Waals surface area contributed by atoms with E-state index in [1.54, 1.807) is 12.1 Å². The molecule has 3 fully saturated rings. The number of rotatable bonds is 6. The van der Waals surface area contributed by atoms with Crippen LogP contribution in [0.4, 0.5) is 26.6 Å². The Kier molecular flexibility index (Phi) is 6.30. The maximum absolute atomic E-state index is 15.4. The average Bonchev–Trinajstić information content (AvgIpc) is 3.68. The molecule has 4 aliphatic rings. The second kappa shape index (κ2) is 10.3. The van der Waals surface area contributed by atoms with Crippen molar-refractivity contribution in [2.24, 2.45) is 0 Å². The number of fused-ring (bicyclic) bond motifs is 3. The highest BCUT2D eigenvalue weighted by molar-refractivity contribution is 7.12. The number of nitrogens with one attached hydrogen (secondary N) is 3. The molecule has 4 aromatic heterocycles. The lowest BCUT2D eigenvalue weighted by Crippen LogP contribution is -2.45. The summed E-state index contributed by atoms with van der Waals surface area (Å²) in [6.07, 6.45) is 2.33. The molecule has 3 N–H and O–H groups in total. The number of nitrogens with zero attached hydrogens (tertiary/aromatic N) is 5. The standard InChI is InChI=1S/C28H27FN8O6S/c29-17-9-16-22(39)21-26(40)34-44-27(21)37(14-1-2-14)24(16)33-25(17)35-7-5-13(6-8-35)30-10-15-11-36(28(41)43-15)19-4-3-18-23(31-19)32-20(38)12-42-18/h3-4,9,13-15,30H,1-2,5-8,10-12H2,(H,34,40)(H,31,32,38)/t15-/m0/s1. The van der Waals surface area contributed by atoms with E-state index in [1.165, 1.54) is 11.0 Å². The van der Waals surface area contributed by atoms with E-state index in [0.717, 1.165) is 24.4 Å². The van der Waals surface area contributed by atoms with Crippen molar-refractivity contribution in [3.63, 3.8) is 0 Å². The molecule has 228 valence electrons. The summed E-state index contributed by atoms with van der Waals surface area (Å²) in [5.74, 6) is 0.370. The molecule has 7 heterocycles. The van der Waals surface area contributed by atoms with Crippen LogP contribution < -0.4 is 36.2 Å². The van der Waals surface area contributed by atoms with E-state index in [9.17, 15) is 19.2 Å². The number of halogens is 1. The Balaban J connectivity index is 0.930. The van der Waals surface area contributed by atoms with Crippen molar-refractivity contribution in [2.45, 2.75) is 43.9 Å². The predicted octanol–water partition coefficient (Wildman–Crippen LogP) is 2.08. The number of anilines is 3. The largest absolute Gasteiger partial charge is 0.480 e. The van der Waals surface area contributed by atoms with Crippen LogP contribution in [-0.4, -0.2) is 75.8 Å². The van der Waals surface area contributed by atoms with E-state index in [4.69, 9.17) is 9.47 Å². The number of ether oxygens (including phenoxy) is 2. The number of hydrogen-bond acceptors (Lipinski definition) is 11. The zero-order valence-electron chi connectivity index (χ0n) is 23.3. The van der Waals surface area contributed by atoms with Gasteiger partial charge in [0.1, 0.15) is 27.8 Å². The summed E-state index contributed by atoms with van der Waals surface area (Å²) in [5, 5.41) is 6.30. The third-order valence-electron chi connectivity index (χ3n) is 8.49. The molecule has 1 saturated carbocycles. The number of H-pyrrole nitrogens is 1. The molecule has 4 aromatic rings. The van der Waals surface area contributed by atoms with Crippen LogP contribution in [0.5, 0.6) is 5.75 Å². The number of aromatic nitrogens is 4. The summed E-state index contributed by atoms with van der Waals surface area (Å²) < 4.78 is 30.9. The molecule has 0 unspecified atom stereocenters. The first-order valence-corrected chi connectivity index (χ1v) is 15.3. The summed E-state index contributed by atoms with van der Waals surface area (Å²) >= 11 is 1.12. The molecule has 16 heteroatoms. The quantitative estimate of drug-likeness (QED) is 0.290. The van der Waals surface area contributed by atoms with Gasteiger partial charge in [0, 0.05) is 31.7 Å². The van der Waals surface area contributed by atoms with Crippen LogP contribution in [-0.2, 0) is 9.53 Å². The molecule has 0 bridgehead atoms. The Morgan fingerprint density at radius 1 is 1.09 bits per heavy atom. The highest BCUT2D eigenvalue weighted by Gasteiger charge is 2.35. The molecule has 2 amide bonds. The first-order chi connectivity index (χ1) is 21.3. The molecule has 0 radical (unpaired) electrons. The van der Waals surface area contributed by atoms with E-state index in [-0.39, 0.29) is 47.0 Å². The Morgan fingerprint density at radius 3 is 2.70 bits per heavy atom. The minimum Gasteiger partial charge on any atom is -0.480 e. The lowest BCUT2D eigenvalue weighted by molar-refractivity contribution is -0.118. The minimum absolute atomic E-state index is 0.0633. The van der Waals surface area contributed by atoms with E-state index in [1.807, 2.05) is 9.47 Å². The highest BCUT2D eigenvalue weighted by atomic mass is 32.1. The molecule has 14 nitrogen and oxygen atoms in total. The number of amides is 2. The third kappa shape index (κ3) is 4.55. The molecule has 2 saturated heterocycles. The Hall–Kier alpha value is -4.57. The van der Waals surface area contributed by atoms with Gasteiger partial charge in [-0.2, -0.15) is 0 Å². The van der Waals surface area contributed by atoms with Crippen LogP contribution in [0.25, 0.3) is 21.3 Å². The van der Waals surface area contributed by atoms with Gasteiger partial charge in [-0.3, -0.25) is 23.7 Å². The van der Waals surface area contributed by atoms with E-state index < -0.39 is 29.0 Å². The maximum Gasteiger partial charge on any atom is 0.416 e. The summed E-state index contributed by atoms with van der Waals surface area (Å²) in [7, 11) is 0. The first kappa shape index (κ1) is 27.0. The van der Waals surface area contributed by atoms with Crippen LogP contribution in [0.1, 0.15) is 31.7 Å². The van der Waals surface area contributed by atoms with Gasteiger partial charge in [0.15, 0.2) is 29.8 Å². The summed E-state index contributed by atoms with van der Waals surface area (Å²) in [4.78, 5) is 62.6. The van der Waals surface area contributed by atoms with Crippen LogP contribution in [0.2, 0.25) is 0 Å². The number of pyridine rings is 3. The Bertz CT molecular complexity index is 1960.